The third kappa shape index (κ3) is 6.21. The molecule has 3 aromatic rings. The molecular weight excluding hydrogens is 537 g/mol. The van der Waals surface area contributed by atoms with Crippen molar-refractivity contribution in [2.24, 2.45) is 0 Å². The van der Waals surface area contributed by atoms with Crippen molar-refractivity contribution in [1.82, 2.24) is 4.90 Å². The Bertz CT molecular complexity index is 1280. The maximum atomic E-state index is 13.5. The van der Waals surface area contributed by atoms with Crippen molar-refractivity contribution in [3.05, 3.63) is 98.2 Å². The lowest BCUT2D eigenvalue weighted by atomic mass is 9.91. The fourth-order valence-electron chi connectivity index (χ4n) is 4.36. The molecule has 1 N–H and O–H groups in total. The van der Waals surface area contributed by atoms with Crippen molar-refractivity contribution in [2.45, 2.75) is 38.3 Å². The van der Waals surface area contributed by atoms with Gasteiger partial charge in [0.1, 0.15) is 17.2 Å². The van der Waals surface area contributed by atoms with Crippen LogP contribution in [0.25, 0.3) is 0 Å². The lowest BCUT2D eigenvalue weighted by Crippen LogP contribution is -2.33. The van der Waals surface area contributed by atoms with Gasteiger partial charge in [0.05, 0.1) is 11.4 Å². The third-order valence-electron chi connectivity index (χ3n) is 5.94. The molecule has 35 heavy (non-hydrogen) atoms. The van der Waals surface area contributed by atoms with E-state index in [9.17, 15) is 19.1 Å². The summed E-state index contributed by atoms with van der Waals surface area (Å²) in [6.07, 6.45) is 0.948. The highest BCUT2D eigenvalue weighted by atomic mass is 79.9. The predicted octanol–water partition coefficient (Wildman–Crippen LogP) is 6.30. The molecule has 0 radical (unpaired) electrons. The van der Waals surface area contributed by atoms with Gasteiger partial charge in [0, 0.05) is 36.0 Å². The SMILES string of the molecule is C[C@@]1(Cc2ccc(F)c(Cl)c2)Cc2cc(C(=O)N(CCC(=O)O)Cc3cccc(Br)c3)ccc2O1. The van der Waals surface area contributed by atoms with E-state index in [1.807, 2.05) is 37.3 Å². The van der Waals surface area contributed by atoms with Crippen LogP contribution in [0.5, 0.6) is 5.75 Å². The van der Waals surface area contributed by atoms with E-state index in [4.69, 9.17) is 16.3 Å². The van der Waals surface area contributed by atoms with Gasteiger partial charge < -0.3 is 14.7 Å². The zero-order valence-electron chi connectivity index (χ0n) is 19.1. The lowest BCUT2D eigenvalue weighted by Gasteiger charge is -2.24. The summed E-state index contributed by atoms with van der Waals surface area (Å²) in [6, 6.07) is 17.5. The summed E-state index contributed by atoms with van der Waals surface area (Å²) >= 11 is 9.37. The summed E-state index contributed by atoms with van der Waals surface area (Å²) < 4.78 is 20.6. The number of nitrogens with zero attached hydrogens (tertiary/aromatic N) is 1. The Kier molecular flexibility index (Phi) is 7.47. The fraction of sp³-hybridized carbons (Fsp3) is 0.259. The van der Waals surface area contributed by atoms with Crippen molar-refractivity contribution in [3.8, 4) is 5.75 Å². The minimum Gasteiger partial charge on any atom is -0.487 e. The van der Waals surface area contributed by atoms with E-state index >= 15 is 0 Å². The minimum absolute atomic E-state index is 0.0707. The molecular formula is C27H24BrClFNO4. The van der Waals surface area contributed by atoms with Crippen molar-refractivity contribution in [3.63, 3.8) is 0 Å². The van der Waals surface area contributed by atoms with Gasteiger partial charge in [-0.3, -0.25) is 9.59 Å². The fourth-order valence-corrected chi connectivity index (χ4v) is 5.01. The average Bonchev–Trinajstić information content (AvgIpc) is 3.13. The molecule has 1 aliphatic rings. The number of carboxylic acid groups (broad SMARTS) is 1. The Morgan fingerprint density at radius 2 is 1.94 bits per heavy atom. The lowest BCUT2D eigenvalue weighted by molar-refractivity contribution is -0.137. The van der Waals surface area contributed by atoms with Crippen LogP contribution in [0, 0.1) is 5.82 Å². The molecule has 4 rings (SSSR count). The summed E-state index contributed by atoms with van der Waals surface area (Å²) in [5.41, 5.74) is 2.56. The number of ether oxygens (including phenoxy) is 1. The van der Waals surface area contributed by atoms with E-state index in [0.717, 1.165) is 21.2 Å². The molecule has 0 aromatic heterocycles. The summed E-state index contributed by atoms with van der Waals surface area (Å²) in [5.74, 6) is -0.972. The Labute approximate surface area is 216 Å². The number of aliphatic carboxylic acids is 1. The number of hydrogen-bond acceptors (Lipinski definition) is 3. The van der Waals surface area contributed by atoms with Gasteiger partial charge in [-0.05, 0) is 66.1 Å². The number of carbonyl (C=O) groups excluding carboxylic acids is 1. The Balaban J connectivity index is 1.53. The molecule has 0 saturated carbocycles. The minimum atomic E-state index is -0.962. The van der Waals surface area contributed by atoms with Gasteiger partial charge in [0.15, 0.2) is 0 Å². The first-order valence-electron chi connectivity index (χ1n) is 11.1. The van der Waals surface area contributed by atoms with Crippen LogP contribution < -0.4 is 4.74 Å². The van der Waals surface area contributed by atoms with E-state index in [1.54, 1.807) is 29.2 Å². The molecule has 1 aliphatic heterocycles. The van der Waals surface area contributed by atoms with E-state index in [2.05, 4.69) is 15.9 Å². The van der Waals surface area contributed by atoms with Crippen LogP contribution in [-0.2, 0) is 24.2 Å². The number of amides is 1. The Morgan fingerprint density at radius 3 is 2.66 bits per heavy atom. The smallest absolute Gasteiger partial charge is 0.305 e. The largest absolute Gasteiger partial charge is 0.487 e. The van der Waals surface area contributed by atoms with Crippen molar-refractivity contribution >= 4 is 39.4 Å². The number of carbonyl (C=O) groups is 2. The molecule has 8 heteroatoms. The second-order valence-electron chi connectivity index (χ2n) is 8.98. The zero-order chi connectivity index (χ0) is 25.2. The van der Waals surface area contributed by atoms with Crippen molar-refractivity contribution in [1.29, 1.82) is 0 Å². The highest BCUT2D eigenvalue weighted by molar-refractivity contribution is 9.10. The first kappa shape index (κ1) is 25.2. The first-order chi connectivity index (χ1) is 16.6. The second kappa shape index (κ2) is 10.4. The third-order valence-corrected chi connectivity index (χ3v) is 6.72. The quantitative estimate of drug-likeness (QED) is 0.351. The summed E-state index contributed by atoms with van der Waals surface area (Å²) in [5, 5.41) is 9.24. The van der Waals surface area contributed by atoms with Crippen LogP contribution in [0.15, 0.2) is 65.1 Å². The molecule has 1 heterocycles. The highest BCUT2D eigenvalue weighted by Crippen LogP contribution is 2.38. The summed E-state index contributed by atoms with van der Waals surface area (Å²) in [6.45, 7) is 2.36. The standard InChI is InChI=1S/C27H24BrClFNO4/c1-27(14-17-5-7-23(30)22(29)12-17)15-20-13-19(6-8-24(20)35-27)26(34)31(10-9-25(32)33)16-18-3-2-4-21(28)11-18/h2-8,11-13H,9-10,14-16H2,1H3,(H,32,33)/t27-/m1/s1. The maximum absolute atomic E-state index is 13.5. The zero-order valence-corrected chi connectivity index (χ0v) is 21.4. The van der Waals surface area contributed by atoms with Gasteiger partial charge in [-0.2, -0.15) is 0 Å². The normalized spacial score (nSPS) is 16.5. The second-order valence-corrected chi connectivity index (χ2v) is 10.3. The number of fused-ring (bicyclic) bond motifs is 1. The van der Waals surface area contributed by atoms with E-state index < -0.39 is 17.4 Å². The van der Waals surface area contributed by atoms with Crippen LogP contribution in [0.4, 0.5) is 4.39 Å². The topological polar surface area (TPSA) is 66.8 Å². The van der Waals surface area contributed by atoms with Crippen molar-refractivity contribution < 1.29 is 23.8 Å². The molecule has 5 nitrogen and oxygen atoms in total. The number of halogens is 3. The van der Waals surface area contributed by atoms with Gasteiger partial charge in [-0.15, -0.1) is 0 Å². The molecule has 182 valence electrons. The molecule has 0 saturated heterocycles. The summed E-state index contributed by atoms with van der Waals surface area (Å²) in [7, 11) is 0. The van der Waals surface area contributed by atoms with Crippen LogP contribution >= 0.6 is 27.5 Å². The van der Waals surface area contributed by atoms with E-state index in [-0.39, 0.29) is 23.9 Å². The maximum Gasteiger partial charge on any atom is 0.305 e. The monoisotopic (exact) mass is 559 g/mol. The van der Waals surface area contributed by atoms with Gasteiger partial charge in [-0.1, -0.05) is 45.7 Å². The molecule has 0 fully saturated rings. The van der Waals surface area contributed by atoms with Crippen LogP contribution in [0.3, 0.4) is 0 Å². The highest BCUT2D eigenvalue weighted by Gasteiger charge is 2.35. The van der Waals surface area contributed by atoms with Gasteiger partial charge in [0.25, 0.3) is 5.91 Å². The Morgan fingerprint density at radius 1 is 1.14 bits per heavy atom. The van der Waals surface area contributed by atoms with Gasteiger partial charge >= 0.3 is 5.97 Å². The predicted molar refractivity (Wildman–Crippen MR) is 135 cm³/mol. The number of carboxylic acids is 1. The number of rotatable bonds is 8. The average molecular weight is 561 g/mol. The van der Waals surface area contributed by atoms with Crippen molar-refractivity contribution in [2.75, 3.05) is 6.54 Å². The van der Waals surface area contributed by atoms with Gasteiger partial charge in [0.2, 0.25) is 0 Å². The van der Waals surface area contributed by atoms with Crippen LogP contribution in [0.2, 0.25) is 5.02 Å². The van der Waals surface area contributed by atoms with E-state index in [1.165, 1.54) is 6.07 Å². The molecule has 0 bridgehead atoms. The van der Waals surface area contributed by atoms with Crippen LogP contribution in [0.1, 0.15) is 40.4 Å². The molecule has 0 unspecified atom stereocenters. The first-order valence-corrected chi connectivity index (χ1v) is 12.3. The molecule has 1 atom stereocenters. The molecule has 1 amide bonds. The number of hydrogen-bond donors (Lipinski definition) is 1. The van der Waals surface area contributed by atoms with Gasteiger partial charge in [-0.25, -0.2) is 4.39 Å². The molecule has 0 spiro atoms. The van der Waals surface area contributed by atoms with E-state index in [0.29, 0.717) is 30.7 Å². The molecule has 0 aliphatic carbocycles. The molecule has 3 aromatic carbocycles. The van der Waals surface area contributed by atoms with Crippen LogP contribution in [-0.4, -0.2) is 34.0 Å². The number of benzene rings is 3. The summed E-state index contributed by atoms with van der Waals surface area (Å²) in [4.78, 5) is 26.1. The Hall–Kier alpha value is -2.90.